The molecule has 2 radical (unpaired) electrons. The molecule has 1 saturated carbocycles. The third-order valence-electron chi connectivity index (χ3n) is 5.02. The van der Waals surface area contributed by atoms with Gasteiger partial charge in [0.25, 0.3) is 10.1 Å². The van der Waals surface area contributed by atoms with Gasteiger partial charge >= 0.3 is 18.1 Å². The van der Waals surface area contributed by atoms with Gasteiger partial charge in [-0.1, -0.05) is 36.1 Å². The van der Waals surface area contributed by atoms with Gasteiger partial charge in [0.1, 0.15) is 12.4 Å². The Morgan fingerprint density at radius 1 is 1.03 bits per heavy atom. The number of halogens is 3. The van der Waals surface area contributed by atoms with E-state index in [0.717, 1.165) is 11.1 Å². The molecule has 170 valence electrons. The zero-order chi connectivity index (χ0) is 23.2. The summed E-state index contributed by atoms with van der Waals surface area (Å²) in [6, 6.07) is 7.20. The number of carbonyl (C=O) groups excluding carboxylic acids is 2. The highest BCUT2D eigenvalue weighted by atomic mass is 32.2. The fourth-order valence-electron chi connectivity index (χ4n) is 3.23. The molecule has 0 amide bonds. The van der Waals surface area contributed by atoms with Crippen molar-refractivity contribution in [1.29, 1.82) is 0 Å². The summed E-state index contributed by atoms with van der Waals surface area (Å²) in [4.78, 5) is 24.3. The largest absolute Gasteiger partial charge is 0.461 e. The van der Waals surface area contributed by atoms with Crippen molar-refractivity contribution in [2.75, 3.05) is 5.75 Å². The molecule has 1 aromatic carbocycles. The Hall–Kier alpha value is -2.08. The topological polar surface area (TPSA) is 107 Å². The lowest BCUT2D eigenvalue weighted by molar-refractivity contribution is -0.218. The smallest absolute Gasteiger partial charge is 0.426 e. The molecule has 0 aromatic heterocycles. The lowest BCUT2D eigenvalue weighted by Crippen LogP contribution is -2.41. The highest BCUT2D eigenvalue weighted by Gasteiger charge is 2.46. The molecule has 1 N–H and O–H groups in total. The Bertz CT molecular complexity index is 863. The lowest BCUT2D eigenvalue weighted by Gasteiger charge is -2.28. The van der Waals surface area contributed by atoms with E-state index in [-0.39, 0.29) is 32.3 Å². The molecule has 0 saturated heterocycles. The van der Waals surface area contributed by atoms with Crippen molar-refractivity contribution in [3.63, 3.8) is 0 Å². The summed E-state index contributed by atoms with van der Waals surface area (Å²) in [5, 5.41) is 0. The van der Waals surface area contributed by atoms with E-state index < -0.39 is 51.9 Å². The predicted octanol–water partition coefficient (Wildman–Crippen LogP) is 2.57. The molecule has 0 spiro atoms. The summed E-state index contributed by atoms with van der Waals surface area (Å²) in [7, 11) is 0.514. The molecule has 1 atom stereocenters. The van der Waals surface area contributed by atoms with E-state index in [1.54, 1.807) is 12.1 Å². The van der Waals surface area contributed by atoms with Crippen molar-refractivity contribution < 1.29 is 45.2 Å². The van der Waals surface area contributed by atoms with Crippen LogP contribution in [0.15, 0.2) is 24.3 Å². The molecule has 1 fully saturated rings. The van der Waals surface area contributed by atoms with E-state index in [1.165, 1.54) is 0 Å². The first-order chi connectivity index (χ1) is 14.4. The summed E-state index contributed by atoms with van der Waals surface area (Å²) in [5.41, 5.74) is 1.71. The van der Waals surface area contributed by atoms with Crippen molar-refractivity contribution in [1.82, 2.24) is 0 Å². The van der Waals surface area contributed by atoms with Crippen molar-refractivity contribution in [3.05, 3.63) is 35.4 Å². The Morgan fingerprint density at radius 3 is 1.97 bits per heavy atom. The second-order valence-corrected chi connectivity index (χ2v) is 8.89. The molecule has 0 bridgehead atoms. The van der Waals surface area contributed by atoms with Gasteiger partial charge in [0.2, 0.25) is 6.10 Å². The first-order valence-electron chi connectivity index (χ1n) is 9.56. The number of hydrogen-bond donors (Lipinski definition) is 1. The third-order valence-corrected chi connectivity index (χ3v) is 5.74. The molecule has 1 aromatic rings. The SMILES string of the molecule is [B]Cc1ccc(COC(=O)C2CCC(C(=O)OC(CS(=O)(=O)O)C(F)(F)F)CC2)cc1. The predicted molar refractivity (Wildman–Crippen MR) is 103 cm³/mol. The quantitative estimate of drug-likeness (QED) is 0.360. The lowest BCUT2D eigenvalue weighted by atomic mass is 9.82. The van der Waals surface area contributed by atoms with Crippen molar-refractivity contribution >= 4 is 29.9 Å². The molecule has 0 heterocycles. The normalized spacial score (nSPS) is 20.6. The molecule has 0 aliphatic heterocycles. The number of benzene rings is 1. The molecule has 31 heavy (non-hydrogen) atoms. The minimum Gasteiger partial charge on any atom is -0.461 e. The molecule has 1 aliphatic carbocycles. The Labute approximate surface area is 179 Å². The van der Waals surface area contributed by atoms with E-state index in [1.807, 2.05) is 12.1 Å². The maximum absolute atomic E-state index is 12.9. The van der Waals surface area contributed by atoms with E-state index in [4.69, 9.17) is 17.1 Å². The Morgan fingerprint density at radius 2 is 1.52 bits per heavy atom. The molecule has 2 rings (SSSR count). The molecular weight excluding hydrogens is 440 g/mol. The molecular formula is C19H22BF3O7S. The first-order valence-corrected chi connectivity index (χ1v) is 11.2. The van der Waals surface area contributed by atoms with E-state index in [9.17, 15) is 31.2 Å². The number of rotatable bonds is 8. The van der Waals surface area contributed by atoms with E-state index >= 15 is 0 Å². The van der Waals surface area contributed by atoms with Gasteiger partial charge in [-0.3, -0.25) is 14.1 Å². The maximum atomic E-state index is 12.9. The fraction of sp³-hybridized carbons (Fsp3) is 0.579. The average molecular weight is 462 g/mol. The first kappa shape index (κ1) is 25.2. The third kappa shape index (κ3) is 8.17. The van der Waals surface area contributed by atoms with Crippen LogP contribution in [0.5, 0.6) is 0 Å². The van der Waals surface area contributed by atoms with Crippen molar-refractivity contribution in [2.45, 2.75) is 50.9 Å². The average Bonchev–Trinajstić information content (AvgIpc) is 2.70. The van der Waals surface area contributed by atoms with Crippen LogP contribution < -0.4 is 0 Å². The maximum Gasteiger partial charge on any atom is 0.426 e. The van der Waals surface area contributed by atoms with Gasteiger partial charge in [-0.25, -0.2) is 0 Å². The molecule has 1 unspecified atom stereocenters. The second-order valence-electron chi connectivity index (χ2n) is 7.39. The summed E-state index contributed by atoms with van der Waals surface area (Å²) < 4.78 is 78.5. The highest BCUT2D eigenvalue weighted by Crippen LogP contribution is 2.32. The van der Waals surface area contributed by atoms with Crippen LogP contribution in [0.4, 0.5) is 13.2 Å². The number of carbonyl (C=O) groups is 2. The molecule has 1 aliphatic rings. The van der Waals surface area contributed by atoms with Gasteiger partial charge < -0.3 is 9.47 Å². The van der Waals surface area contributed by atoms with Crippen LogP contribution in [0, 0.1) is 11.8 Å². The van der Waals surface area contributed by atoms with Gasteiger partial charge in [0.05, 0.1) is 19.7 Å². The van der Waals surface area contributed by atoms with Gasteiger partial charge in [-0.2, -0.15) is 21.6 Å². The Balaban J connectivity index is 1.83. The minimum absolute atomic E-state index is 0.0640. The molecule has 12 heteroatoms. The zero-order valence-corrected chi connectivity index (χ0v) is 17.3. The standard InChI is InChI=1S/C19H22BF3O7S/c20-9-12-1-3-13(4-2-12)10-29-17(24)14-5-7-15(8-6-14)18(25)30-16(19(21,22)23)11-31(26,27)28/h1-4,14-16H,5-11H2,(H,26,27,28). The minimum atomic E-state index is -5.14. The van der Waals surface area contributed by atoms with Crippen LogP contribution in [0.25, 0.3) is 0 Å². The monoisotopic (exact) mass is 462 g/mol. The summed E-state index contributed by atoms with van der Waals surface area (Å²) in [6.45, 7) is 0.0640. The zero-order valence-electron chi connectivity index (χ0n) is 16.5. The van der Waals surface area contributed by atoms with E-state index in [0.29, 0.717) is 6.32 Å². The summed E-state index contributed by atoms with van der Waals surface area (Å²) in [5.74, 6) is -4.84. The van der Waals surface area contributed by atoms with Crippen LogP contribution in [-0.2, 0) is 42.1 Å². The molecule has 7 nitrogen and oxygen atoms in total. The number of ether oxygens (including phenoxy) is 2. The van der Waals surface area contributed by atoms with Gasteiger partial charge in [0, 0.05) is 0 Å². The summed E-state index contributed by atoms with van der Waals surface area (Å²) in [6.07, 6.45) is -7.07. The number of hydrogen-bond acceptors (Lipinski definition) is 6. The van der Waals surface area contributed by atoms with E-state index in [2.05, 4.69) is 4.74 Å². The van der Waals surface area contributed by atoms with Crippen LogP contribution in [0.2, 0.25) is 0 Å². The number of esters is 2. The Kier molecular flexibility index (Phi) is 8.53. The van der Waals surface area contributed by atoms with Crippen LogP contribution in [0.1, 0.15) is 36.8 Å². The summed E-state index contributed by atoms with van der Waals surface area (Å²) >= 11 is 0. The van der Waals surface area contributed by atoms with Crippen LogP contribution in [0.3, 0.4) is 0 Å². The van der Waals surface area contributed by atoms with Gasteiger partial charge in [-0.15, -0.1) is 0 Å². The number of alkyl halides is 3. The van der Waals surface area contributed by atoms with Crippen LogP contribution in [-0.4, -0.2) is 50.8 Å². The fourth-order valence-corrected chi connectivity index (χ4v) is 3.87. The van der Waals surface area contributed by atoms with Gasteiger partial charge in [0.15, 0.2) is 0 Å². The highest BCUT2D eigenvalue weighted by molar-refractivity contribution is 7.85. The van der Waals surface area contributed by atoms with Crippen molar-refractivity contribution in [2.24, 2.45) is 11.8 Å². The van der Waals surface area contributed by atoms with Crippen molar-refractivity contribution in [3.8, 4) is 0 Å². The van der Waals surface area contributed by atoms with Crippen LogP contribution >= 0.6 is 0 Å². The second kappa shape index (κ2) is 10.5. The van der Waals surface area contributed by atoms with Gasteiger partial charge in [-0.05, 0) is 31.2 Å².